The van der Waals surface area contributed by atoms with Crippen LogP contribution < -0.4 is 4.90 Å². The van der Waals surface area contributed by atoms with Gasteiger partial charge in [0.25, 0.3) is 0 Å². The number of unbranched alkanes of at least 4 members (excludes halogenated alkanes) is 1. The van der Waals surface area contributed by atoms with E-state index in [0.717, 1.165) is 41.7 Å². The minimum atomic E-state index is -0.264. The molecule has 3 rings (SSSR count). The summed E-state index contributed by atoms with van der Waals surface area (Å²) in [5, 5.41) is 1.08. The molecule has 0 aliphatic carbocycles. The first-order valence-electron chi connectivity index (χ1n) is 7.66. The molecule has 4 nitrogen and oxygen atoms in total. The number of aromatic nitrogens is 1. The fourth-order valence-electron chi connectivity index (χ4n) is 2.78. The van der Waals surface area contributed by atoms with E-state index >= 15 is 0 Å². The predicted octanol–water partition coefficient (Wildman–Crippen LogP) is 3.41. The van der Waals surface area contributed by atoms with Crippen LogP contribution in [0.2, 0.25) is 0 Å². The van der Waals surface area contributed by atoms with Gasteiger partial charge in [-0.1, -0.05) is 31.5 Å². The van der Waals surface area contributed by atoms with Crippen molar-refractivity contribution in [3.05, 3.63) is 41.5 Å². The molecule has 114 valence electrons. The van der Waals surface area contributed by atoms with Gasteiger partial charge in [0, 0.05) is 17.5 Å². The first-order valence-corrected chi connectivity index (χ1v) is 7.66. The van der Waals surface area contributed by atoms with Gasteiger partial charge < -0.3 is 9.64 Å². The third-order valence-corrected chi connectivity index (χ3v) is 3.95. The first kappa shape index (κ1) is 14.6. The zero-order valence-corrected chi connectivity index (χ0v) is 13.0. The van der Waals surface area contributed by atoms with Crippen LogP contribution in [0.5, 0.6) is 0 Å². The summed E-state index contributed by atoms with van der Waals surface area (Å²) in [4.78, 5) is 18.9. The normalized spacial score (nSPS) is 13.7. The summed E-state index contributed by atoms with van der Waals surface area (Å²) in [5.74, 6) is 0.695. The predicted molar refractivity (Wildman–Crippen MR) is 88.9 cm³/mol. The Morgan fingerprint density at radius 2 is 2.18 bits per heavy atom. The first-order chi connectivity index (χ1) is 10.7. The molecular formula is C18H20N2O2. The number of carbonyl (C=O) groups excluding carboxylic acids is 1. The molecule has 0 N–H and O–H groups in total. The highest BCUT2D eigenvalue weighted by Crippen LogP contribution is 2.30. The summed E-state index contributed by atoms with van der Waals surface area (Å²) >= 11 is 0. The lowest BCUT2D eigenvalue weighted by Crippen LogP contribution is -2.33. The number of hydrogen-bond acceptors (Lipinski definition) is 4. The van der Waals surface area contributed by atoms with Crippen LogP contribution in [-0.2, 0) is 9.53 Å². The lowest BCUT2D eigenvalue weighted by Gasteiger charge is -2.29. The Morgan fingerprint density at radius 3 is 2.95 bits per heavy atom. The number of ether oxygens (including phenoxy) is 1. The second kappa shape index (κ2) is 6.18. The summed E-state index contributed by atoms with van der Waals surface area (Å²) in [6, 6.07) is 10.2. The van der Waals surface area contributed by atoms with Gasteiger partial charge in [-0.15, -0.1) is 0 Å². The van der Waals surface area contributed by atoms with E-state index in [1.807, 2.05) is 30.3 Å². The van der Waals surface area contributed by atoms with E-state index in [1.165, 1.54) is 7.11 Å². The zero-order chi connectivity index (χ0) is 15.5. The summed E-state index contributed by atoms with van der Waals surface area (Å²) in [6.45, 7) is 3.62. The van der Waals surface area contributed by atoms with Crippen molar-refractivity contribution in [3.8, 4) is 0 Å². The smallest absolute Gasteiger partial charge is 0.335 e. The number of methoxy groups -OCH3 is 1. The Bertz CT molecular complexity index is 737. The van der Waals surface area contributed by atoms with Gasteiger partial charge in [-0.2, -0.15) is 0 Å². The van der Waals surface area contributed by atoms with Crippen molar-refractivity contribution < 1.29 is 9.53 Å². The van der Waals surface area contributed by atoms with Crippen LogP contribution in [0.3, 0.4) is 0 Å². The topological polar surface area (TPSA) is 42.4 Å². The van der Waals surface area contributed by atoms with Crippen molar-refractivity contribution in [2.24, 2.45) is 0 Å². The van der Waals surface area contributed by atoms with Gasteiger partial charge in [-0.25, -0.2) is 9.78 Å². The largest absolute Gasteiger partial charge is 0.466 e. The zero-order valence-electron chi connectivity index (χ0n) is 13.0. The maximum atomic E-state index is 11.9. The van der Waals surface area contributed by atoms with Gasteiger partial charge in [-0.05, 0) is 24.6 Å². The van der Waals surface area contributed by atoms with Crippen LogP contribution in [0.15, 0.2) is 35.9 Å². The molecule has 22 heavy (non-hydrogen) atoms. The Balaban J connectivity index is 2.09. The van der Waals surface area contributed by atoms with Gasteiger partial charge in [-0.3, -0.25) is 0 Å². The highest BCUT2D eigenvalue weighted by molar-refractivity contribution is 5.98. The van der Waals surface area contributed by atoms with Crippen molar-refractivity contribution in [2.45, 2.75) is 19.8 Å². The fraction of sp³-hybridized carbons (Fsp3) is 0.333. The van der Waals surface area contributed by atoms with Gasteiger partial charge >= 0.3 is 5.97 Å². The van der Waals surface area contributed by atoms with Crippen LogP contribution >= 0.6 is 0 Å². The van der Waals surface area contributed by atoms with E-state index in [2.05, 4.69) is 17.9 Å². The molecule has 0 radical (unpaired) electrons. The van der Waals surface area contributed by atoms with Crippen molar-refractivity contribution in [2.75, 3.05) is 25.1 Å². The molecule has 0 bridgehead atoms. The molecule has 0 amide bonds. The lowest BCUT2D eigenvalue weighted by molar-refractivity contribution is -0.136. The number of carbonyl (C=O) groups is 1. The number of anilines is 1. The van der Waals surface area contributed by atoms with E-state index in [4.69, 9.17) is 9.72 Å². The quantitative estimate of drug-likeness (QED) is 0.811. The average Bonchev–Trinajstić information content (AvgIpc) is 2.56. The van der Waals surface area contributed by atoms with Crippen LogP contribution in [0.1, 0.15) is 25.3 Å². The fourth-order valence-corrected chi connectivity index (χ4v) is 2.78. The van der Waals surface area contributed by atoms with Gasteiger partial charge in [0.15, 0.2) is 0 Å². The van der Waals surface area contributed by atoms with Gasteiger partial charge in [0.2, 0.25) is 0 Å². The molecule has 0 fully saturated rings. The number of hydrogen-bond donors (Lipinski definition) is 0. The number of esters is 1. The number of fused-ring (bicyclic) bond motifs is 2. The van der Waals surface area contributed by atoms with Crippen LogP contribution in [0.25, 0.3) is 17.0 Å². The molecule has 4 heteroatoms. The highest BCUT2D eigenvalue weighted by atomic mass is 16.5. The lowest BCUT2D eigenvalue weighted by atomic mass is 10.0. The van der Waals surface area contributed by atoms with Crippen LogP contribution in [-0.4, -0.2) is 31.2 Å². The Labute approximate surface area is 130 Å². The third kappa shape index (κ3) is 2.69. The molecule has 2 aromatic rings. The molecule has 1 aromatic heterocycles. The summed E-state index contributed by atoms with van der Waals surface area (Å²) in [7, 11) is 1.42. The van der Waals surface area contributed by atoms with Crippen LogP contribution in [0.4, 0.5) is 5.82 Å². The number of nitrogens with zero attached hydrogens (tertiary/aromatic N) is 2. The van der Waals surface area contributed by atoms with Gasteiger partial charge in [0.1, 0.15) is 5.82 Å². The van der Waals surface area contributed by atoms with Crippen molar-refractivity contribution in [3.63, 3.8) is 0 Å². The standard InChI is InChI=1S/C18H20N2O2/c1-3-4-9-20-12-15(18(21)22-2)11-14-10-13-7-5-6-8-16(13)19-17(14)20/h5-8,10-11H,3-4,9,12H2,1-2H3. The number of para-hydroxylation sites is 1. The monoisotopic (exact) mass is 296 g/mol. The average molecular weight is 296 g/mol. The molecule has 1 aromatic carbocycles. The summed E-state index contributed by atoms with van der Waals surface area (Å²) in [5.41, 5.74) is 2.65. The van der Waals surface area contributed by atoms with Crippen molar-refractivity contribution in [1.29, 1.82) is 0 Å². The maximum Gasteiger partial charge on any atom is 0.335 e. The summed E-state index contributed by atoms with van der Waals surface area (Å²) in [6.07, 6.45) is 4.09. The molecule has 0 saturated carbocycles. The molecule has 0 spiro atoms. The summed E-state index contributed by atoms with van der Waals surface area (Å²) < 4.78 is 4.89. The second-order valence-electron chi connectivity index (χ2n) is 5.53. The number of pyridine rings is 1. The van der Waals surface area contributed by atoms with E-state index in [-0.39, 0.29) is 5.97 Å². The maximum absolute atomic E-state index is 11.9. The van der Waals surface area contributed by atoms with E-state index in [0.29, 0.717) is 12.1 Å². The number of benzene rings is 1. The van der Waals surface area contributed by atoms with Crippen LogP contribution in [0, 0.1) is 0 Å². The molecule has 2 heterocycles. The Hall–Kier alpha value is -2.36. The molecular weight excluding hydrogens is 276 g/mol. The third-order valence-electron chi connectivity index (χ3n) is 3.95. The minimum Gasteiger partial charge on any atom is -0.466 e. The van der Waals surface area contributed by atoms with Gasteiger partial charge in [0.05, 0.1) is 24.7 Å². The van der Waals surface area contributed by atoms with E-state index < -0.39 is 0 Å². The van der Waals surface area contributed by atoms with E-state index in [9.17, 15) is 4.79 Å². The minimum absolute atomic E-state index is 0.264. The Morgan fingerprint density at radius 1 is 1.36 bits per heavy atom. The number of rotatable bonds is 4. The molecule has 0 atom stereocenters. The molecule has 0 saturated heterocycles. The molecule has 1 aliphatic rings. The van der Waals surface area contributed by atoms with E-state index in [1.54, 1.807) is 0 Å². The Kier molecular flexibility index (Phi) is 4.09. The molecule has 1 aliphatic heterocycles. The molecule has 0 unspecified atom stereocenters. The highest BCUT2D eigenvalue weighted by Gasteiger charge is 2.23. The van der Waals surface area contributed by atoms with Crippen molar-refractivity contribution >= 4 is 28.8 Å². The van der Waals surface area contributed by atoms with Crippen molar-refractivity contribution in [1.82, 2.24) is 4.98 Å². The SMILES string of the molecule is CCCCN1CC(C(=O)OC)=Cc2cc3ccccc3nc21. The second-order valence-corrected chi connectivity index (χ2v) is 5.53.